The fourth-order valence-corrected chi connectivity index (χ4v) is 7.60. The Morgan fingerprint density at radius 1 is 0.907 bits per heavy atom. The zero-order valence-electron chi connectivity index (χ0n) is 24.0. The van der Waals surface area contributed by atoms with E-state index in [2.05, 4.69) is 40.3 Å². The van der Waals surface area contributed by atoms with Crippen molar-refractivity contribution in [1.29, 1.82) is 0 Å². The number of anilines is 1. The summed E-state index contributed by atoms with van der Waals surface area (Å²) in [6.45, 7) is 2.40. The normalized spacial score (nSPS) is 19.9. The smallest absolute Gasteiger partial charge is 0.240 e. The van der Waals surface area contributed by atoms with Gasteiger partial charge < -0.3 is 14.4 Å². The molecule has 7 rings (SSSR count). The fraction of sp³-hybridized carbons (Fsp3) is 0.371. The molecule has 3 aromatic carbocycles. The molecule has 1 aliphatic carbocycles. The van der Waals surface area contributed by atoms with E-state index in [0.717, 1.165) is 115 Å². The van der Waals surface area contributed by atoms with E-state index in [1.807, 2.05) is 18.2 Å². The Kier molecular flexibility index (Phi) is 8.02. The van der Waals surface area contributed by atoms with Crippen molar-refractivity contribution in [2.24, 2.45) is 5.92 Å². The molecule has 0 saturated carbocycles. The number of piperidine rings is 1. The number of aromatic nitrogens is 2. The van der Waals surface area contributed by atoms with Crippen LogP contribution in [-0.2, 0) is 16.0 Å². The Morgan fingerprint density at radius 2 is 1.70 bits per heavy atom. The first-order chi connectivity index (χ1) is 21.0. The number of halogens is 3. The van der Waals surface area contributed by atoms with Gasteiger partial charge in [-0.3, -0.25) is 0 Å². The predicted molar refractivity (Wildman–Crippen MR) is 171 cm³/mol. The number of benzene rings is 3. The average molecular weight is 619 g/mol. The summed E-state index contributed by atoms with van der Waals surface area (Å²) >= 11 is 13.1. The Hall–Kier alpha value is -3.19. The number of carbonyl (C=O) groups excluding carboxylic acids is 1. The second-order valence-corrected chi connectivity index (χ2v) is 12.7. The van der Waals surface area contributed by atoms with E-state index >= 15 is 4.39 Å². The lowest BCUT2D eigenvalue weighted by atomic mass is 9.87. The molecule has 2 fully saturated rings. The van der Waals surface area contributed by atoms with Crippen molar-refractivity contribution in [3.63, 3.8) is 0 Å². The second-order valence-electron chi connectivity index (χ2n) is 11.9. The van der Waals surface area contributed by atoms with Gasteiger partial charge in [-0.1, -0.05) is 47.5 Å². The SMILES string of the molecule is O=CC1CCN(c2ccc(C3=C(c4ccc(Cl)cc4Cl)CCCc4c3ccc3c4c(F)nn3C3CCCCO3)cc2)CC1. The molecule has 8 heteroatoms. The van der Waals surface area contributed by atoms with Crippen molar-refractivity contribution in [2.45, 2.75) is 57.6 Å². The summed E-state index contributed by atoms with van der Waals surface area (Å²) in [5.74, 6) is -0.288. The summed E-state index contributed by atoms with van der Waals surface area (Å²) in [5, 5.41) is 6.15. The standard InChI is InChI=1S/C35H34Cl2FN3O2/c36-24-9-12-26(30(37)20-24)27-4-3-5-28-29(13-14-31-34(28)35(38)39-41(31)32-6-1-2-19-43-32)33(27)23-7-10-25(11-8-23)40-17-15-22(21-42)16-18-40/h7-14,20-22,32H,1-6,15-19H2. The number of aryl methyl sites for hydroxylation is 1. The third-order valence-corrected chi connectivity index (χ3v) is 9.85. The van der Waals surface area contributed by atoms with Crippen molar-refractivity contribution in [3.8, 4) is 0 Å². The first-order valence-electron chi connectivity index (χ1n) is 15.3. The lowest BCUT2D eigenvalue weighted by Gasteiger charge is -2.31. The van der Waals surface area contributed by atoms with Crippen molar-refractivity contribution in [2.75, 3.05) is 24.6 Å². The number of hydrogen-bond acceptors (Lipinski definition) is 4. The van der Waals surface area contributed by atoms with Gasteiger partial charge in [0.2, 0.25) is 5.95 Å². The molecule has 1 aromatic heterocycles. The number of ether oxygens (including phenoxy) is 1. The van der Waals surface area contributed by atoms with E-state index in [1.54, 1.807) is 10.7 Å². The van der Waals surface area contributed by atoms with Gasteiger partial charge in [0, 0.05) is 41.3 Å². The first-order valence-corrected chi connectivity index (χ1v) is 16.1. The minimum Gasteiger partial charge on any atom is -0.371 e. The predicted octanol–water partition coefficient (Wildman–Crippen LogP) is 8.89. The van der Waals surface area contributed by atoms with Crippen LogP contribution in [0.3, 0.4) is 0 Å². The van der Waals surface area contributed by atoms with Crippen LogP contribution in [0, 0.1) is 11.9 Å². The van der Waals surface area contributed by atoms with Crippen LogP contribution in [0.1, 0.15) is 73.4 Å². The number of allylic oxidation sites excluding steroid dienone is 1. The topological polar surface area (TPSA) is 47.4 Å². The number of hydrogen-bond donors (Lipinski definition) is 0. The van der Waals surface area contributed by atoms with Gasteiger partial charge in [-0.05, 0) is 115 Å². The van der Waals surface area contributed by atoms with Crippen molar-refractivity contribution in [3.05, 3.63) is 92.8 Å². The third kappa shape index (κ3) is 5.39. The summed E-state index contributed by atoms with van der Waals surface area (Å²) in [6.07, 6.45) is 7.86. The van der Waals surface area contributed by atoms with Crippen LogP contribution in [-0.4, -0.2) is 35.8 Å². The monoisotopic (exact) mass is 617 g/mol. The summed E-state index contributed by atoms with van der Waals surface area (Å²) in [6, 6.07) is 18.4. The molecule has 3 aliphatic rings. The quantitative estimate of drug-likeness (QED) is 0.210. The lowest BCUT2D eigenvalue weighted by molar-refractivity contribution is -0.111. The highest BCUT2D eigenvalue weighted by atomic mass is 35.5. The highest BCUT2D eigenvalue weighted by Crippen LogP contribution is 2.45. The summed E-state index contributed by atoms with van der Waals surface area (Å²) in [5.41, 5.74) is 8.10. The van der Waals surface area contributed by atoms with Crippen LogP contribution in [0.2, 0.25) is 10.0 Å². The molecule has 43 heavy (non-hydrogen) atoms. The molecule has 2 saturated heterocycles. The molecule has 222 valence electrons. The molecule has 0 bridgehead atoms. The maximum Gasteiger partial charge on any atom is 0.240 e. The molecule has 4 aromatic rings. The van der Waals surface area contributed by atoms with E-state index in [4.69, 9.17) is 27.9 Å². The van der Waals surface area contributed by atoms with Crippen LogP contribution >= 0.6 is 23.2 Å². The van der Waals surface area contributed by atoms with Gasteiger partial charge in [0.1, 0.15) is 6.29 Å². The highest BCUT2D eigenvalue weighted by Gasteiger charge is 2.28. The average Bonchev–Trinajstić information content (AvgIpc) is 3.26. The number of carbonyl (C=O) groups is 1. The van der Waals surface area contributed by atoms with Gasteiger partial charge in [0.15, 0.2) is 6.23 Å². The molecule has 5 nitrogen and oxygen atoms in total. The van der Waals surface area contributed by atoms with Crippen LogP contribution in [0.4, 0.5) is 10.1 Å². The summed E-state index contributed by atoms with van der Waals surface area (Å²) in [4.78, 5) is 13.6. The Balaban J connectivity index is 1.37. The van der Waals surface area contributed by atoms with Gasteiger partial charge >= 0.3 is 0 Å². The maximum absolute atomic E-state index is 15.8. The Bertz CT molecular complexity index is 1700. The molecule has 0 N–H and O–H groups in total. The van der Waals surface area contributed by atoms with Crippen LogP contribution < -0.4 is 4.90 Å². The van der Waals surface area contributed by atoms with Gasteiger partial charge in [0.25, 0.3) is 0 Å². The molecular weight excluding hydrogens is 584 g/mol. The number of rotatable bonds is 5. The van der Waals surface area contributed by atoms with Crippen LogP contribution in [0.25, 0.3) is 22.0 Å². The Labute approximate surface area is 261 Å². The van der Waals surface area contributed by atoms with Gasteiger partial charge in [-0.15, -0.1) is 5.10 Å². The molecule has 3 heterocycles. The number of aldehydes is 1. The zero-order chi connectivity index (χ0) is 29.5. The van der Waals surface area contributed by atoms with Gasteiger partial charge in [-0.25, -0.2) is 4.68 Å². The summed E-state index contributed by atoms with van der Waals surface area (Å²) < 4.78 is 23.5. The molecule has 2 aliphatic heterocycles. The fourth-order valence-electron chi connectivity index (χ4n) is 7.08. The van der Waals surface area contributed by atoms with Crippen molar-refractivity contribution >= 4 is 57.2 Å². The van der Waals surface area contributed by atoms with Crippen molar-refractivity contribution < 1.29 is 13.9 Å². The van der Waals surface area contributed by atoms with E-state index in [9.17, 15) is 4.79 Å². The van der Waals surface area contributed by atoms with Crippen LogP contribution in [0.15, 0.2) is 54.6 Å². The molecule has 0 amide bonds. The largest absolute Gasteiger partial charge is 0.371 e. The molecular formula is C35H34Cl2FN3O2. The highest BCUT2D eigenvalue weighted by molar-refractivity contribution is 6.36. The molecule has 0 radical (unpaired) electrons. The van der Waals surface area contributed by atoms with Crippen LogP contribution in [0.5, 0.6) is 0 Å². The maximum atomic E-state index is 15.8. The lowest BCUT2D eigenvalue weighted by Crippen LogP contribution is -2.34. The van der Waals surface area contributed by atoms with Gasteiger partial charge in [-0.2, -0.15) is 4.39 Å². The van der Waals surface area contributed by atoms with Gasteiger partial charge in [0.05, 0.1) is 10.9 Å². The molecule has 1 unspecified atom stereocenters. The van der Waals surface area contributed by atoms with E-state index in [1.165, 1.54) is 0 Å². The minimum absolute atomic E-state index is 0.154. The number of fused-ring (bicyclic) bond motifs is 3. The van der Waals surface area contributed by atoms with E-state index in [0.29, 0.717) is 22.0 Å². The minimum atomic E-state index is -0.442. The van der Waals surface area contributed by atoms with E-state index in [-0.39, 0.29) is 12.1 Å². The summed E-state index contributed by atoms with van der Waals surface area (Å²) in [7, 11) is 0. The third-order valence-electron chi connectivity index (χ3n) is 9.30. The molecule has 0 spiro atoms. The second kappa shape index (κ2) is 12.1. The first kappa shape index (κ1) is 28.6. The van der Waals surface area contributed by atoms with Crippen molar-refractivity contribution in [1.82, 2.24) is 9.78 Å². The molecule has 1 atom stereocenters. The Morgan fingerprint density at radius 3 is 2.42 bits per heavy atom. The van der Waals surface area contributed by atoms with E-state index < -0.39 is 5.95 Å². The zero-order valence-corrected chi connectivity index (χ0v) is 25.5. The number of nitrogens with zero attached hydrogens (tertiary/aromatic N) is 3.